The molecule has 0 spiro atoms. The number of nitrogens with zero attached hydrogens (tertiary/aromatic N) is 5. The van der Waals surface area contributed by atoms with Crippen molar-refractivity contribution in [2.75, 3.05) is 12.4 Å². The Morgan fingerprint density at radius 2 is 2.14 bits per heavy atom. The Morgan fingerprint density at radius 1 is 1.32 bits per heavy atom. The van der Waals surface area contributed by atoms with Crippen LogP contribution in [0, 0.1) is 17.0 Å². The summed E-state index contributed by atoms with van der Waals surface area (Å²) in [7, 11) is 1.47. The van der Waals surface area contributed by atoms with E-state index in [2.05, 4.69) is 20.6 Å². The van der Waals surface area contributed by atoms with E-state index >= 15 is 0 Å². The van der Waals surface area contributed by atoms with Crippen molar-refractivity contribution in [1.82, 2.24) is 19.8 Å². The maximum atomic E-state index is 12.4. The molecule has 0 bridgehead atoms. The van der Waals surface area contributed by atoms with Gasteiger partial charge in [-0.25, -0.2) is 0 Å². The molecule has 12 heteroatoms. The molecule has 0 saturated heterocycles. The number of amides is 1. The molecule has 28 heavy (non-hydrogen) atoms. The number of nitrogens with one attached hydrogen (secondary N) is 1. The van der Waals surface area contributed by atoms with Crippen molar-refractivity contribution in [3.8, 4) is 16.3 Å². The molecular formula is C16H12N6O5S. The Labute approximate surface area is 160 Å². The molecule has 142 valence electrons. The van der Waals surface area contributed by atoms with E-state index in [1.807, 2.05) is 0 Å². The van der Waals surface area contributed by atoms with Gasteiger partial charge in [0.05, 0.1) is 18.9 Å². The van der Waals surface area contributed by atoms with E-state index < -0.39 is 16.7 Å². The van der Waals surface area contributed by atoms with Crippen molar-refractivity contribution < 1.29 is 18.9 Å². The van der Waals surface area contributed by atoms with Crippen molar-refractivity contribution in [1.29, 1.82) is 0 Å². The molecule has 0 atom stereocenters. The molecule has 4 rings (SSSR count). The average Bonchev–Trinajstić information content (AvgIpc) is 3.39. The van der Waals surface area contributed by atoms with E-state index in [1.165, 1.54) is 24.5 Å². The van der Waals surface area contributed by atoms with Gasteiger partial charge in [-0.15, -0.1) is 10.2 Å². The van der Waals surface area contributed by atoms with Gasteiger partial charge in [-0.2, -0.15) is 9.61 Å². The zero-order valence-electron chi connectivity index (χ0n) is 14.6. The maximum absolute atomic E-state index is 12.4. The fourth-order valence-electron chi connectivity index (χ4n) is 2.50. The quantitative estimate of drug-likeness (QED) is 0.399. The summed E-state index contributed by atoms with van der Waals surface area (Å²) in [5.41, 5.74) is 1.10. The third kappa shape index (κ3) is 3.05. The molecule has 0 unspecified atom stereocenters. The van der Waals surface area contributed by atoms with E-state index in [1.54, 1.807) is 29.6 Å². The molecule has 4 aromatic rings. The Hall–Kier alpha value is -3.80. The number of methoxy groups -OCH3 is 1. The van der Waals surface area contributed by atoms with E-state index in [9.17, 15) is 14.9 Å². The van der Waals surface area contributed by atoms with E-state index in [0.717, 1.165) is 11.6 Å². The number of hydrogen-bond acceptors (Lipinski definition) is 9. The highest BCUT2D eigenvalue weighted by atomic mass is 32.1. The first-order valence-electron chi connectivity index (χ1n) is 7.89. The van der Waals surface area contributed by atoms with E-state index in [-0.39, 0.29) is 5.76 Å². The van der Waals surface area contributed by atoms with Crippen LogP contribution in [0.25, 0.3) is 15.5 Å². The number of rotatable bonds is 5. The largest absolute Gasteiger partial charge is 0.495 e. The fraction of sp³-hybridized carbons (Fsp3) is 0.125. The van der Waals surface area contributed by atoms with Gasteiger partial charge in [-0.1, -0.05) is 11.3 Å². The summed E-state index contributed by atoms with van der Waals surface area (Å²) < 4.78 is 11.8. The van der Waals surface area contributed by atoms with Gasteiger partial charge in [0.2, 0.25) is 4.96 Å². The Kier molecular flexibility index (Phi) is 4.24. The lowest BCUT2D eigenvalue weighted by atomic mass is 10.2. The second-order valence-corrected chi connectivity index (χ2v) is 6.57. The van der Waals surface area contributed by atoms with Crippen LogP contribution < -0.4 is 10.1 Å². The standard InChI is InChI=1S/C16H12N6O5S/c1-8-18-19-16-21(8)20-15(28-16)9-3-4-11(26-2)10(7-9)17-14(23)12-5-6-13(27-12)22(24)25/h3-7H,1-2H3,(H,17,23). The molecule has 0 aliphatic heterocycles. The highest BCUT2D eigenvalue weighted by Gasteiger charge is 2.19. The molecule has 0 radical (unpaired) electrons. The van der Waals surface area contributed by atoms with Gasteiger partial charge in [0, 0.05) is 5.56 Å². The number of carbonyl (C=O) groups is 1. The van der Waals surface area contributed by atoms with Gasteiger partial charge in [0.25, 0.3) is 5.91 Å². The number of furan rings is 1. The number of fused-ring (bicyclic) bond motifs is 1. The van der Waals surface area contributed by atoms with Crippen LogP contribution in [0.1, 0.15) is 16.4 Å². The summed E-state index contributed by atoms with van der Waals surface area (Å²) in [6.07, 6.45) is 0. The fourth-order valence-corrected chi connectivity index (χ4v) is 3.38. The first kappa shape index (κ1) is 17.6. The number of anilines is 1. The van der Waals surface area contributed by atoms with Crippen LogP contribution in [0.2, 0.25) is 0 Å². The van der Waals surface area contributed by atoms with Crippen LogP contribution in [-0.2, 0) is 0 Å². The third-order valence-electron chi connectivity index (χ3n) is 3.84. The van der Waals surface area contributed by atoms with Gasteiger partial charge in [0.1, 0.15) is 15.7 Å². The second kappa shape index (κ2) is 6.74. The Balaban J connectivity index is 1.66. The third-order valence-corrected chi connectivity index (χ3v) is 4.78. The smallest absolute Gasteiger partial charge is 0.433 e. The molecule has 0 aliphatic carbocycles. The van der Waals surface area contributed by atoms with E-state index in [0.29, 0.717) is 27.2 Å². The molecule has 0 saturated carbocycles. The minimum Gasteiger partial charge on any atom is -0.495 e. The van der Waals surface area contributed by atoms with Crippen LogP contribution in [0.3, 0.4) is 0 Å². The van der Waals surface area contributed by atoms with Crippen LogP contribution >= 0.6 is 11.3 Å². The highest BCUT2D eigenvalue weighted by molar-refractivity contribution is 7.19. The van der Waals surface area contributed by atoms with Crippen molar-refractivity contribution in [2.45, 2.75) is 6.92 Å². The molecule has 0 aliphatic rings. The summed E-state index contributed by atoms with van der Waals surface area (Å²) >= 11 is 1.35. The topological polar surface area (TPSA) is 138 Å². The Morgan fingerprint density at radius 3 is 2.82 bits per heavy atom. The lowest BCUT2D eigenvalue weighted by molar-refractivity contribution is -0.402. The van der Waals surface area contributed by atoms with Crippen LogP contribution in [0.5, 0.6) is 5.75 Å². The van der Waals surface area contributed by atoms with Crippen LogP contribution in [-0.4, -0.2) is 37.8 Å². The molecule has 3 aromatic heterocycles. The van der Waals surface area contributed by atoms with Gasteiger partial charge in [-0.05, 0) is 31.2 Å². The van der Waals surface area contributed by atoms with Crippen molar-refractivity contribution in [2.24, 2.45) is 0 Å². The summed E-state index contributed by atoms with van der Waals surface area (Å²) in [4.78, 5) is 23.0. The predicted molar refractivity (Wildman–Crippen MR) is 98.7 cm³/mol. The molecule has 0 fully saturated rings. The number of benzene rings is 1. The average molecular weight is 400 g/mol. The number of aromatic nitrogens is 4. The summed E-state index contributed by atoms with van der Waals surface area (Å²) in [6, 6.07) is 7.52. The van der Waals surface area contributed by atoms with Crippen LogP contribution in [0.4, 0.5) is 11.6 Å². The first-order chi connectivity index (χ1) is 13.5. The molecule has 3 heterocycles. The molecule has 1 amide bonds. The maximum Gasteiger partial charge on any atom is 0.433 e. The molecule has 1 aromatic carbocycles. The van der Waals surface area contributed by atoms with Crippen molar-refractivity contribution in [3.05, 3.63) is 52.0 Å². The zero-order valence-corrected chi connectivity index (χ0v) is 15.4. The van der Waals surface area contributed by atoms with Crippen molar-refractivity contribution in [3.63, 3.8) is 0 Å². The monoisotopic (exact) mass is 400 g/mol. The van der Waals surface area contributed by atoms with Gasteiger partial charge in [0.15, 0.2) is 11.6 Å². The number of hydrogen-bond donors (Lipinski definition) is 1. The number of nitro groups is 1. The van der Waals surface area contributed by atoms with E-state index in [4.69, 9.17) is 9.15 Å². The molecular weight excluding hydrogens is 388 g/mol. The lowest BCUT2D eigenvalue weighted by Gasteiger charge is -2.10. The number of ether oxygens (including phenoxy) is 1. The minimum atomic E-state index is -0.715. The number of aryl methyl sites for hydroxylation is 1. The molecule has 11 nitrogen and oxygen atoms in total. The van der Waals surface area contributed by atoms with Gasteiger partial charge < -0.3 is 14.5 Å². The minimum absolute atomic E-state index is 0.187. The molecule has 1 N–H and O–H groups in total. The zero-order chi connectivity index (χ0) is 19.8. The van der Waals surface area contributed by atoms with Crippen LogP contribution in [0.15, 0.2) is 34.7 Å². The summed E-state index contributed by atoms with van der Waals surface area (Å²) in [5.74, 6) is -0.261. The van der Waals surface area contributed by atoms with Gasteiger partial charge in [-0.3, -0.25) is 14.9 Å². The second-order valence-electron chi connectivity index (χ2n) is 5.61. The first-order valence-corrected chi connectivity index (χ1v) is 8.70. The summed E-state index contributed by atoms with van der Waals surface area (Å²) in [5, 5.41) is 26.5. The van der Waals surface area contributed by atoms with Crippen molar-refractivity contribution >= 4 is 33.8 Å². The predicted octanol–water partition coefficient (Wildman–Crippen LogP) is 2.92. The highest BCUT2D eigenvalue weighted by Crippen LogP contribution is 2.33. The van der Waals surface area contributed by atoms with Gasteiger partial charge >= 0.3 is 5.88 Å². The summed E-state index contributed by atoms with van der Waals surface area (Å²) in [6.45, 7) is 1.80. The normalized spacial score (nSPS) is 10.9. The SMILES string of the molecule is COc1ccc(-c2nn3c(C)nnc3s2)cc1NC(=O)c1ccc([N+](=O)[O-])o1. The number of carbonyl (C=O) groups excluding carboxylic acids is 1. The Bertz CT molecular complexity index is 1210. The lowest BCUT2D eigenvalue weighted by Crippen LogP contribution is -2.11.